The Morgan fingerprint density at radius 3 is 2.69 bits per heavy atom. The highest BCUT2D eigenvalue weighted by Gasteiger charge is 2.37. The van der Waals surface area contributed by atoms with Crippen LogP contribution in [0.15, 0.2) is 36.4 Å². The Balaban J connectivity index is 1.29. The number of amides is 3. The number of nitrogens with one attached hydrogen (secondary N) is 1. The highest BCUT2D eigenvalue weighted by Crippen LogP contribution is 2.28. The highest BCUT2D eigenvalue weighted by molar-refractivity contribution is 6.35. The second kappa shape index (κ2) is 9.90. The molecule has 3 amide bonds. The third-order valence-electron chi connectivity index (χ3n) is 5.40. The van der Waals surface area contributed by atoms with Gasteiger partial charge in [0.1, 0.15) is 5.75 Å². The predicted octanol–water partition coefficient (Wildman–Crippen LogP) is 3.97. The van der Waals surface area contributed by atoms with Crippen molar-refractivity contribution < 1.29 is 23.9 Å². The maximum absolute atomic E-state index is 12.7. The van der Waals surface area contributed by atoms with E-state index in [1.54, 1.807) is 24.3 Å². The van der Waals surface area contributed by atoms with Crippen LogP contribution in [-0.2, 0) is 4.74 Å². The molecule has 0 aliphatic carbocycles. The Bertz CT molecular complexity index is 1050. The Kier molecular flexibility index (Phi) is 6.98. The molecule has 1 unspecified atom stereocenters. The van der Waals surface area contributed by atoms with Crippen LogP contribution < -0.4 is 10.1 Å². The summed E-state index contributed by atoms with van der Waals surface area (Å²) in [5.74, 6) is -0.527. The molecule has 9 heteroatoms. The van der Waals surface area contributed by atoms with Crippen LogP contribution >= 0.6 is 23.2 Å². The number of benzene rings is 2. The van der Waals surface area contributed by atoms with Crippen LogP contribution in [0.4, 0.5) is 0 Å². The van der Waals surface area contributed by atoms with Gasteiger partial charge in [-0.1, -0.05) is 23.2 Å². The SMILES string of the molecule is O=C(NCCCOc1ccc(Cl)cc1Cl)c1ccc2c(c1)C(=O)N(CC1CCCO1)C2=O. The number of rotatable bonds is 8. The van der Waals surface area contributed by atoms with E-state index in [2.05, 4.69) is 5.32 Å². The van der Waals surface area contributed by atoms with Crippen LogP contribution in [0.5, 0.6) is 5.75 Å². The summed E-state index contributed by atoms with van der Waals surface area (Å²) in [5, 5.41) is 3.74. The molecule has 1 atom stereocenters. The predicted molar refractivity (Wildman–Crippen MR) is 120 cm³/mol. The highest BCUT2D eigenvalue weighted by atomic mass is 35.5. The van der Waals surface area contributed by atoms with Gasteiger partial charge in [-0.25, -0.2) is 0 Å². The summed E-state index contributed by atoms with van der Waals surface area (Å²) in [6.45, 7) is 1.62. The van der Waals surface area contributed by atoms with Gasteiger partial charge in [0, 0.05) is 23.7 Å². The molecule has 0 bridgehead atoms. The van der Waals surface area contributed by atoms with Crippen molar-refractivity contribution >= 4 is 40.9 Å². The van der Waals surface area contributed by atoms with Gasteiger partial charge in [-0.2, -0.15) is 0 Å². The minimum absolute atomic E-state index is 0.120. The molecular weight excluding hydrogens is 455 g/mol. The molecule has 1 saturated heterocycles. The van der Waals surface area contributed by atoms with Gasteiger partial charge in [0.05, 0.1) is 35.4 Å². The fourth-order valence-corrected chi connectivity index (χ4v) is 4.20. The Morgan fingerprint density at radius 2 is 1.94 bits per heavy atom. The summed E-state index contributed by atoms with van der Waals surface area (Å²) >= 11 is 11.9. The molecule has 0 saturated carbocycles. The number of halogens is 2. The molecular formula is C23H22Cl2N2O5. The van der Waals surface area contributed by atoms with Gasteiger partial charge < -0.3 is 14.8 Å². The lowest BCUT2D eigenvalue weighted by Crippen LogP contribution is -2.36. The molecule has 2 aromatic carbocycles. The second-order valence-electron chi connectivity index (χ2n) is 7.65. The molecule has 0 radical (unpaired) electrons. The fraction of sp³-hybridized carbons (Fsp3) is 0.348. The first-order valence-electron chi connectivity index (χ1n) is 10.4. The summed E-state index contributed by atoms with van der Waals surface area (Å²) in [4.78, 5) is 39.0. The number of nitrogens with zero attached hydrogens (tertiary/aromatic N) is 1. The van der Waals surface area contributed by atoms with Crippen molar-refractivity contribution in [2.45, 2.75) is 25.4 Å². The van der Waals surface area contributed by atoms with E-state index in [-0.39, 0.29) is 35.9 Å². The zero-order valence-electron chi connectivity index (χ0n) is 17.2. The third kappa shape index (κ3) is 4.90. The Hall–Kier alpha value is -2.61. The first kappa shape index (κ1) is 22.6. The van der Waals surface area contributed by atoms with Gasteiger partial charge in [-0.05, 0) is 55.7 Å². The van der Waals surface area contributed by atoms with Crippen LogP contribution in [0, 0.1) is 0 Å². The topological polar surface area (TPSA) is 84.9 Å². The minimum Gasteiger partial charge on any atom is -0.492 e. The molecule has 2 aliphatic heterocycles. The maximum Gasteiger partial charge on any atom is 0.261 e. The number of hydrogen-bond donors (Lipinski definition) is 1. The fourth-order valence-electron chi connectivity index (χ4n) is 3.74. The van der Waals surface area contributed by atoms with Gasteiger partial charge in [0.25, 0.3) is 17.7 Å². The van der Waals surface area contributed by atoms with Crippen molar-refractivity contribution in [1.29, 1.82) is 0 Å². The molecule has 168 valence electrons. The number of hydrogen-bond acceptors (Lipinski definition) is 5. The van der Waals surface area contributed by atoms with Gasteiger partial charge in [0.2, 0.25) is 0 Å². The van der Waals surface area contributed by atoms with E-state index in [0.29, 0.717) is 53.1 Å². The maximum atomic E-state index is 12.7. The van der Waals surface area contributed by atoms with Crippen molar-refractivity contribution in [1.82, 2.24) is 10.2 Å². The standard InChI is InChI=1S/C23H22Cl2N2O5/c24-15-5-7-20(19(25)12-15)32-10-2-8-26-21(28)14-4-6-17-18(11-14)23(30)27(22(17)29)13-16-3-1-9-31-16/h4-7,11-12,16H,1-3,8-10,13H2,(H,26,28). The van der Waals surface area contributed by atoms with Crippen LogP contribution in [0.3, 0.4) is 0 Å². The minimum atomic E-state index is -0.386. The average Bonchev–Trinajstić information content (AvgIpc) is 3.37. The lowest BCUT2D eigenvalue weighted by molar-refractivity contribution is 0.0475. The number of carbonyl (C=O) groups is 3. The number of fused-ring (bicyclic) bond motifs is 1. The van der Waals surface area contributed by atoms with E-state index in [0.717, 1.165) is 12.8 Å². The molecule has 7 nitrogen and oxygen atoms in total. The van der Waals surface area contributed by atoms with E-state index < -0.39 is 0 Å². The number of ether oxygens (including phenoxy) is 2. The smallest absolute Gasteiger partial charge is 0.261 e. The lowest BCUT2D eigenvalue weighted by atomic mass is 10.1. The average molecular weight is 477 g/mol. The van der Waals surface area contributed by atoms with Crippen molar-refractivity contribution in [2.75, 3.05) is 26.3 Å². The van der Waals surface area contributed by atoms with E-state index in [1.807, 2.05) is 0 Å². The van der Waals surface area contributed by atoms with Crippen molar-refractivity contribution in [2.24, 2.45) is 0 Å². The van der Waals surface area contributed by atoms with Crippen molar-refractivity contribution in [3.8, 4) is 5.75 Å². The molecule has 2 aliphatic rings. The van der Waals surface area contributed by atoms with Gasteiger partial charge >= 0.3 is 0 Å². The normalized spacial score (nSPS) is 17.6. The molecule has 0 spiro atoms. The molecule has 1 fully saturated rings. The summed E-state index contributed by atoms with van der Waals surface area (Å²) in [6, 6.07) is 9.54. The lowest BCUT2D eigenvalue weighted by Gasteiger charge is -2.17. The first-order chi connectivity index (χ1) is 15.4. The molecule has 1 N–H and O–H groups in total. The quantitative estimate of drug-likeness (QED) is 0.460. The van der Waals surface area contributed by atoms with Gasteiger partial charge in [0.15, 0.2) is 0 Å². The molecule has 0 aromatic heterocycles. The number of imide groups is 1. The molecule has 2 heterocycles. The van der Waals surface area contributed by atoms with Crippen LogP contribution in [0.1, 0.15) is 50.3 Å². The third-order valence-corrected chi connectivity index (χ3v) is 5.93. The summed E-state index contributed by atoms with van der Waals surface area (Å²) in [7, 11) is 0. The summed E-state index contributed by atoms with van der Waals surface area (Å²) in [5.41, 5.74) is 0.893. The van der Waals surface area contributed by atoms with Crippen molar-refractivity contribution in [3.05, 3.63) is 63.1 Å². The molecule has 2 aromatic rings. The van der Waals surface area contributed by atoms with E-state index in [9.17, 15) is 14.4 Å². The van der Waals surface area contributed by atoms with E-state index in [1.165, 1.54) is 17.0 Å². The van der Waals surface area contributed by atoms with E-state index in [4.69, 9.17) is 32.7 Å². The zero-order valence-corrected chi connectivity index (χ0v) is 18.7. The van der Waals surface area contributed by atoms with Gasteiger partial charge in [-0.15, -0.1) is 0 Å². The van der Waals surface area contributed by atoms with Crippen LogP contribution in [-0.4, -0.2) is 55.0 Å². The summed E-state index contributed by atoms with van der Waals surface area (Å²) in [6.07, 6.45) is 2.19. The largest absolute Gasteiger partial charge is 0.492 e. The first-order valence-corrected chi connectivity index (χ1v) is 11.2. The Labute approximate surface area is 195 Å². The number of carbonyl (C=O) groups excluding carboxylic acids is 3. The second-order valence-corrected chi connectivity index (χ2v) is 8.49. The Morgan fingerprint density at radius 1 is 1.12 bits per heavy atom. The van der Waals surface area contributed by atoms with Gasteiger partial charge in [-0.3, -0.25) is 19.3 Å². The zero-order chi connectivity index (χ0) is 22.7. The monoisotopic (exact) mass is 476 g/mol. The summed E-state index contributed by atoms with van der Waals surface area (Å²) < 4.78 is 11.1. The van der Waals surface area contributed by atoms with Crippen molar-refractivity contribution in [3.63, 3.8) is 0 Å². The van der Waals surface area contributed by atoms with Crippen LogP contribution in [0.2, 0.25) is 10.0 Å². The van der Waals surface area contributed by atoms with E-state index >= 15 is 0 Å². The molecule has 4 rings (SSSR count). The molecule has 32 heavy (non-hydrogen) atoms. The van der Waals surface area contributed by atoms with Crippen LogP contribution in [0.25, 0.3) is 0 Å².